The van der Waals surface area contributed by atoms with Crippen molar-refractivity contribution in [2.75, 3.05) is 25.4 Å². The molecule has 2 aromatic rings. The molecule has 3 rings (SSSR count). The number of piperidine rings is 1. The van der Waals surface area contributed by atoms with Crippen LogP contribution in [-0.4, -0.2) is 34.1 Å². The van der Waals surface area contributed by atoms with Crippen LogP contribution in [0, 0.1) is 0 Å². The van der Waals surface area contributed by atoms with Gasteiger partial charge in [0.15, 0.2) is 0 Å². The highest BCUT2D eigenvalue weighted by Crippen LogP contribution is 2.25. The molecule has 1 aromatic heterocycles. The highest BCUT2D eigenvalue weighted by Gasteiger charge is 2.13. The molecule has 2 N–H and O–H groups in total. The van der Waals surface area contributed by atoms with E-state index in [1.807, 2.05) is 18.2 Å². The van der Waals surface area contributed by atoms with E-state index in [1.165, 1.54) is 32.4 Å². The fourth-order valence-corrected chi connectivity index (χ4v) is 3.00. The lowest BCUT2D eigenvalue weighted by Gasteiger charge is -2.26. The summed E-state index contributed by atoms with van der Waals surface area (Å²) in [5.41, 5.74) is 7.85. The number of anilines is 1. The van der Waals surface area contributed by atoms with E-state index in [1.54, 1.807) is 0 Å². The normalized spacial score (nSPS) is 17.1. The van der Waals surface area contributed by atoms with Gasteiger partial charge in [-0.25, -0.2) is 4.98 Å². The largest absolute Gasteiger partial charge is 0.369 e. The number of rotatable bonds is 3. The number of nitrogen functional groups attached to an aromatic ring is 1. The lowest BCUT2D eigenvalue weighted by Crippen LogP contribution is -2.32. The number of benzene rings is 1. The first-order chi connectivity index (χ1) is 9.25. The standard InChI is InChI=1S/C14H19ClN4/c15-11-5-4-6-12-13(11)17-14(16)19(12)10-9-18-7-2-1-3-8-18/h4-6H,1-3,7-10H2,(H2,16,17). The minimum absolute atomic E-state index is 0.556. The molecule has 0 aliphatic carbocycles. The second-order valence-electron chi connectivity index (χ2n) is 5.13. The molecule has 1 saturated heterocycles. The molecule has 1 aliphatic heterocycles. The average molecular weight is 279 g/mol. The SMILES string of the molecule is Nc1nc2c(Cl)cccc2n1CCN1CCCCC1. The quantitative estimate of drug-likeness (QED) is 0.939. The predicted octanol–water partition coefficient (Wildman–Crippen LogP) is 2.76. The number of aromatic nitrogens is 2. The van der Waals surface area contributed by atoms with Gasteiger partial charge in [0.05, 0.1) is 10.5 Å². The zero-order valence-corrected chi connectivity index (χ0v) is 11.7. The molecule has 1 aliphatic rings. The minimum atomic E-state index is 0.556. The maximum Gasteiger partial charge on any atom is 0.201 e. The van der Waals surface area contributed by atoms with Crippen LogP contribution in [0.3, 0.4) is 0 Å². The van der Waals surface area contributed by atoms with Crippen LogP contribution in [0.25, 0.3) is 11.0 Å². The Bertz CT molecular complexity index is 572. The molecule has 0 unspecified atom stereocenters. The molecule has 4 nitrogen and oxygen atoms in total. The first-order valence-electron chi connectivity index (χ1n) is 6.88. The topological polar surface area (TPSA) is 47.1 Å². The van der Waals surface area contributed by atoms with Gasteiger partial charge in [-0.1, -0.05) is 24.1 Å². The Hall–Kier alpha value is -1.26. The molecule has 0 amide bonds. The summed E-state index contributed by atoms with van der Waals surface area (Å²) in [6, 6.07) is 5.83. The number of nitrogens with zero attached hydrogens (tertiary/aromatic N) is 3. The van der Waals surface area contributed by atoms with Crippen LogP contribution < -0.4 is 5.73 Å². The Balaban J connectivity index is 1.80. The Morgan fingerprint density at radius 2 is 1.95 bits per heavy atom. The third kappa shape index (κ3) is 2.55. The highest BCUT2D eigenvalue weighted by molar-refractivity contribution is 6.35. The molecule has 0 bridgehead atoms. The van der Waals surface area contributed by atoms with Gasteiger partial charge in [0.25, 0.3) is 0 Å². The van der Waals surface area contributed by atoms with Gasteiger partial charge in [0.1, 0.15) is 5.52 Å². The maximum absolute atomic E-state index is 6.15. The van der Waals surface area contributed by atoms with Crippen LogP contribution in [0.2, 0.25) is 5.02 Å². The summed E-state index contributed by atoms with van der Waals surface area (Å²) in [7, 11) is 0. The van der Waals surface area contributed by atoms with Crippen molar-refractivity contribution in [3.8, 4) is 0 Å². The summed E-state index contributed by atoms with van der Waals surface area (Å²) in [5.74, 6) is 0.556. The van der Waals surface area contributed by atoms with Crippen LogP contribution in [0.15, 0.2) is 18.2 Å². The zero-order chi connectivity index (χ0) is 13.2. The molecule has 19 heavy (non-hydrogen) atoms. The van der Waals surface area contributed by atoms with Crippen molar-refractivity contribution in [1.82, 2.24) is 14.5 Å². The smallest absolute Gasteiger partial charge is 0.201 e. The third-order valence-electron chi connectivity index (χ3n) is 3.85. The van der Waals surface area contributed by atoms with Crippen LogP contribution in [0.4, 0.5) is 5.95 Å². The number of fused-ring (bicyclic) bond motifs is 1. The number of imidazole rings is 1. The molecule has 5 heteroatoms. The van der Waals surface area contributed by atoms with Gasteiger partial charge in [0, 0.05) is 13.1 Å². The Morgan fingerprint density at radius 3 is 2.74 bits per heavy atom. The molecule has 0 atom stereocenters. The molecule has 0 saturated carbocycles. The van der Waals surface area contributed by atoms with Gasteiger partial charge in [-0.05, 0) is 38.1 Å². The molecule has 0 spiro atoms. The lowest BCUT2D eigenvalue weighted by molar-refractivity contribution is 0.222. The minimum Gasteiger partial charge on any atom is -0.369 e. The van der Waals surface area contributed by atoms with E-state index in [9.17, 15) is 0 Å². The van der Waals surface area contributed by atoms with Crippen molar-refractivity contribution >= 4 is 28.6 Å². The fraction of sp³-hybridized carbons (Fsp3) is 0.500. The molecule has 1 aromatic carbocycles. The van der Waals surface area contributed by atoms with Crippen molar-refractivity contribution in [2.45, 2.75) is 25.8 Å². The first kappa shape index (κ1) is 12.8. The monoisotopic (exact) mass is 278 g/mol. The van der Waals surface area contributed by atoms with Crippen molar-refractivity contribution in [2.24, 2.45) is 0 Å². The summed E-state index contributed by atoms with van der Waals surface area (Å²) in [5, 5.41) is 0.668. The maximum atomic E-state index is 6.15. The lowest BCUT2D eigenvalue weighted by atomic mass is 10.1. The highest BCUT2D eigenvalue weighted by atomic mass is 35.5. The van der Waals surface area contributed by atoms with E-state index in [2.05, 4.69) is 14.5 Å². The van der Waals surface area contributed by atoms with Crippen LogP contribution in [0.5, 0.6) is 0 Å². The van der Waals surface area contributed by atoms with Gasteiger partial charge >= 0.3 is 0 Å². The molecular formula is C14H19ClN4. The average Bonchev–Trinajstić information content (AvgIpc) is 2.75. The molecule has 2 heterocycles. The van der Waals surface area contributed by atoms with Gasteiger partial charge in [-0.2, -0.15) is 0 Å². The van der Waals surface area contributed by atoms with Gasteiger partial charge in [-0.3, -0.25) is 0 Å². The van der Waals surface area contributed by atoms with Crippen LogP contribution >= 0.6 is 11.6 Å². The molecule has 0 radical (unpaired) electrons. The van der Waals surface area contributed by atoms with E-state index in [4.69, 9.17) is 17.3 Å². The first-order valence-corrected chi connectivity index (χ1v) is 7.26. The van der Waals surface area contributed by atoms with Crippen molar-refractivity contribution < 1.29 is 0 Å². The Morgan fingerprint density at radius 1 is 1.16 bits per heavy atom. The van der Waals surface area contributed by atoms with E-state index in [0.29, 0.717) is 11.0 Å². The van der Waals surface area contributed by atoms with E-state index in [-0.39, 0.29) is 0 Å². The number of hydrogen-bond acceptors (Lipinski definition) is 3. The van der Waals surface area contributed by atoms with Gasteiger partial charge in [-0.15, -0.1) is 0 Å². The number of nitrogens with two attached hydrogens (primary N) is 1. The van der Waals surface area contributed by atoms with E-state index < -0.39 is 0 Å². The summed E-state index contributed by atoms with van der Waals surface area (Å²) < 4.78 is 2.07. The summed E-state index contributed by atoms with van der Waals surface area (Å²) in [4.78, 5) is 6.87. The Labute approximate surface area is 118 Å². The second kappa shape index (κ2) is 5.39. The predicted molar refractivity (Wildman–Crippen MR) is 79.4 cm³/mol. The van der Waals surface area contributed by atoms with Crippen molar-refractivity contribution in [1.29, 1.82) is 0 Å². The molecule has 1 fully saturated rings. The molecular weight excluding hydrogens is 260 g/mol. The number of hydrogen-bond donors (Lipinski definition) is 1. The summed E-state index contributed by atoms with van der Waals surface area (Å²) >= 11 is 6.15. The zero-order valence-electron chi connectivity index (χ0n) is 11.0. The third-order valence-corrected chi connectivity index (χ3v) is 4.15. The molecule has 102 valence electrons. The van der Waals surface area contributed by atoms with Gasteiger partial charge in [0.2, 0.25) is 5.95 Å². The summed E-state index contributed by atoms with van der Waals surface area (Å²) in [6.45, 7) is 4.31. The van der Waals surface area contributed by atoms with Gasteiger partial charge < -0.3 is 15.2 Å². The second-order valence-corrected chi connectivity index (χ2v) is 5.54. The van der Waals surface area contributed by atoms with E-state index in [0.717, 1.165) is 24.1 Å². The fourth-order valence-electron chi connectivity index (χ4n) is 2.79. The number of halogens is 1. The number of likely N-dealkylation sites (tertiary alicyclic amines) is 1. The van der Waals surface area contributed by atoms with Crippen LogP contribution in [-0.2, 0) is 6.54 Å². The van der Waals surface area contributed by atoms with Crippen molar-refractivity contribution in [3.63, 3.8) is 0 Å². The summed E-state index contributed by atoms with van der Waals surface area (Å²) in [6.07, 6.45) is 3.99. The number of para-hydroxylation sites is 1. The Kier molecular flexibility index (Phi) is 3.62. The van der Waals surface area contributed by atoms with E-state index >= 15 is 0 Å². The van der Waals surface area contributed by atoms with Crippen LogP contribution in [0.1, 0.15) is 19.3 Å². The van der Waals surface area contributed by atoms with Crippen molar-refractivity contribution in [3.05, 3.63) is 23.2 Å².